The molecule has 0 bridgehead atoms. The molecule has 2 heterocycles. The fourth-order valence-electron chi connectivity index (χ4n) is 3.67. The number of carbonyl (C=O) groups excluding carboxylic acids is 1. The number of benzene rings is 1. The first kappa shape index (κ1) is 14.2. The molecule has 2 saturated heterocycles. The Morgan fingerprint density at radius 1 is 1.48 bits per heavy atom. The van der Waals surface area contributed by atoms with Crippen molar-refractivity contribution in [1.29, 1.82) is 0 Å². The number of hydrogen-bond donors (Lipinski definition) is 2. The number of nitrogens with two attached hydrogens (primary N) is 1. The Bertz CT molecular complexity index is 544. The minimum atomic E-state index is -0.110. The lowest BCUT2D eigenvalue weighted by Crippen LogP contribution is -2.46. The van der Waals surface area contributed by atoms with Crippen LogP contribution in [0.5, 0.6) is 5.75 Å². The molecule has 5 nitrogen and oxygen atoms in total. The van der Waals surface area contributed by atoms with Crippen LogP contribution in [0.15, 0.2) is 18.2 Å². The standard InChI is InChI=1S/C16H23N3O2/c1-10(17)15-12(6-3-7-14(15)21-2)19-8-4-5-11-13(19)9-18-16(11)20/h3,6-7,10-11,13H,4-5,8-9,17H2,1-2H3,(H,18,20)/t10-,11?,13?/m0/s1. The molecule has 0 spiro atoms. The molecular weight excluding hydrogens is 266 g/mol. The van der Waals surface area contributed by atoms with E-state index in [1.165, 1.54) is 0 Å². The molecule has 2 aliphatic heterocycles. The highest BCUT2D eigenvalue weighted by Crippen LogP contribution is 2.38. The van der Waals surface area contributed by atoms with Gasteiger partial charge in [-0.1, -0.05) is 6.07 Å². The van der Waals surface area contributed by atoms with Gasteiger partial charge in [-0.2, -0.15) is 0 Å². The van der Waals surface area contributed by atoms with Crippen LogP contribution < -0.4 is 20.7 Å². The molecule has 114 valence electrons. The van der Waals surface area contributed by atoms with E-state index in [0.29, 0.717) is 0 Å². The van der Waals surface area contributed by atoms with Gasteiger partial charge in [0.15, 0.2) is 0 Å². The summed E-state index contributed by atoms with van der Waals surface area (Å²) < 4.78 is 5.48. The summed E-state index contributed by atoms with van der Waals surface area (Å²) >= 11 is 0. The van der Waals surface area contributed by atoms with E-state index in [1.54, 1.807) is 7.11 Å². The van der Waals surface area contributed by atoms with E-state index in [-0.39, 0.29) is 23.9 Å². The van der Waals surface area contributed by atoms with Crippen molar-refractivity contribution in [3.8, 4) is 5.75 Å². The van der Waals surface area contributed by atoms with Crippen molar-refractivity contribution in [1.82, 2.24) is 5.32 Å². The van der Waals surface area contributed by atoms with Crippen molar-refractivity contribution in [2.24, 2.45) is 11.7 Å². The van der Waals surface area contributed by atoms with E-state index >= 15 is 0 Å². The van der Waals surface area contributed by atoms with Crippen molar-refractivity contribution in [3.05, 3.63) is 23.8 Å². The van der Waals surface area contributed by atoms with E-state index in [1.807, 2.05) is 19.1 Å². The average molecular weight is 289 g/mol. The lowest BCUT2D eigenvalue weighted by Gasteiger charge is -2.39. The first-order valence-corrected chi connectivity index (χ1v) is 7.60. The van der Waals surface area contributed by atoms with Crippen molar-refractivity contribution in [3.63, 3.8) is 0 Å². The summed E-state index contributed by atoms with van der Waals surface area (Å²) in [5.74, 6) is 1.11. The van der Waals surface area contributed by atoms with Crippen molar-refractivity contribution in [2.45, 2.75) is 31.8 Å². The second kappa shape index (κ2) is 5.56. The van der Waals surface area contributed by atoms with Gasteiger partial charge in [0.25, 0.3) is 0 Å². The topological polar surface area (TPSA) is 67.6 Å². The van der Waals surface area contributed by atoms with Crippen LogP contribution in [0.2, 0.25) is 0 Å². The van der Waals surface area contributed by atoms with Crippen molar-refractivity contribution in [2.75, 3.05) is 25.1 Å². The maximum Gasteiger partial charge on any atom is 0.225 e. The highest BCUT2D eigenvalue weighted by Gasteiger charge is 2.41. The summed E-state index contributed by atoms with van der Waals surface area (Å²) in [4.78, 5) is 14.3. The van der Waals surface area contributed by atoms with Gasteiger partial charge in [-0.25, -0.2) is 0 Å². The van der Waals surface area contributed by atoms with Crippen LogP contribution in [0.4, 0.5) is 5.69 Å². The molecule has 1 amide bonds. The van der Waals surface area contributed by atoms with E-state index < -0.39 is 0 Å². The third-order valence-electron chi connectivity index (χ3n) is 4.63. The maximum atomic E-state index is 11.9. The van der Waals surface area contributed by atoms with Crippen LogP contribution in [0, 0.1) is 5.92 Å². The minimum Gasteiger partial charge on any atom is -0.496 e. The zero-order valence-corrected chi connectivity index (χ0v) is 12.6. The summed E-state index contributed by atoms with van der Waals surface area (Å²) in [6, 6.07) is 6.15. The van der Waals surface area contributed by atoms with Gasteiger partial charge in [-0.15, -0.1) is 0 Å². The van der Waals surface area contributed by atoms with E-state index in [2.05, 4.69) is 16.3 Å². The smallest absolute Gasteiger partial charge is 0.225 e. The molecule has 0 radical (unpaired) electrons. The third kappa shape index (κ3) is 2.35. The molecule has 1 aromatic carbocycles. The summed E-state index contributed by atoms with van der Waals surface area (Å²) in [6.45, 7) is 3.66. The van der Waals surface area contributed by atoms with Gasteiger partial charge in [0, 0.05) is 30.4 Å². The molecule has 3 atom stereocenters. The third-order valence-corrected chi connectivity index (χ3v) is 4.63. The van der Waals surface area contributed by atoms with Crippen molar-refractivity contribution < 1.29 is 9.53 Å². The number of methoxy groups -OCH3 is 1. The van der Waals surface area contributed by atoms with E-state index in [9.17, 15) is 4.79 Å². The van der Waals surface area contributed by atoms with Crippen LogP contribution in [-0.4, -0.2) is 32.1 Å². The molecule has 3 N–H and O–H groups in total. The fraction of sp³-hybridized carbons (Fsp3) is 0.562. The predicted octanol–water partition coefficient (Wildman–Crippen LogP) is 1.43. The van der Waals surface area contributed by atoms with Crippen LogP contribution >= 0.6 is 0 Å². The summed E-state index contributed by atoms with van der Waals surface area (Å²) in [5.41, 5.74) is 8.31. The molecule has 3 rings (SSSR count). The van der Waals surface area contributed by atoms with Crippen LogP contribution in [0.1, 0.15) is 31.4 Å². The molecule has 0 aliphatic carbocycles. The molecule has 1 aromatic rings. The summed E-state index contributed by atoms with van der Waals surface area (Å²) in [5, 5.41) is 3.00. The largest absolute Gasteiger partial charge is 0.496 e. The molecule has 0 aromatic heterocycles. The minimum absolute atomic E-state index is 0.103. The number of amides is 1. The highest BCUT2D eigenvalue weighted by atomic mass is 16.5. The molecule has 2 aliphatic rings. The van der Waals surface area contributed by atoms with E-state index in [4.69, 9.17) is 10.5 Å². The Hall–Kier alpha value is -1.75. The molecule has 0 saturated carbocycles. The first-order chi connectivity index (χ1) is 10.1. The number of anilines is 1. The molecule has 2 fully saturated rings. The number of piperidine rings is 1. The zero-order valence-electron chi connectivity index (χ0n) is 12.6. The number of carbonyl (C=O) groups is 1. The number of rotatable bonds is 3. The predicted molar refractivity (Wildman–Crippen MR) is 82.5 cm³/mol. The molecular formula is C16H23N3O2. The number of hydrogen-bond acceptors (Lipinski definition) is 4. The van der Waals surface area contributed by atoms with Crippen LogP contribution in [0.3, 0.4) is 0 Å². The van der Waals surface area contributed by atoms with Crippen LogP contribution in [-0.2, 0) is 4.79 Å². The lowest BCUT2D eigenvalue weighted by molar-refractivity contribution is -0.122. The SMILES string of the molecule is COc1cccc(N2CCCC3C(=O)NCC32)c1[C@H](C)N. The fourth-order valence-corrected chi connectivity index (χ4v) is 3.67. The van der Waals surface area contributed by atoms with Gasteiger partial charge in [-0.05, 0) is 31.9 Å². The zero-order chi connectivity index (χ0) is 15.0. The first-order valence-electron chi connectivity index (χ1n) is 7.60. The Kier molecular flexibility index (Phi) is 3.76. The second-order valence-electron chi connectivity index (χ2n) is 5.94. The molecule has 5 heteroatoms. The van der Waals surface area contributed by atoms with Gasteiger partial charge in [0.2, 0.25) is 5.91 Å². The summed E-state index contributed by atoms with van der Waals surface area (Å²) in [7, 11) is 1.67. The van der Waals surface area contributed by atoms with Gasteiger partial charge in [0.05, 0.1) is 19.1 Å². The Morgan fingerprint density at radius 2 is 2.29 bits per heavy atom. The maximum absolute atomic E-state index is 11.9. The van der Waals surface area contributed by atoms with E-state index in [0.717, 1.165) is 42.9 Å². The normalized spacial score (nSPS) is 26.2. The van der Waals surface area contributed by atoms with Crippen molar-refractivity contribution >= 4 is 11.6 Å². The average Bonchev–Trinajstić information content (AvgIpc) is 2.88. The highest BCUT2D eigenvalue weighted by molar-refractivity contribution is 5.83. The lowest BCUT2D eigenvalue weighted by atomic mass is 9.90. The number of fused-ring (bicyclic) bond motifs is 1. The Balaban J connectivity index is 2.01. The summed E-state index contributed by atoms with van der Waals surface area (Å²) in [6.07, 6.45) is 2.01. The monoisotopic (exact) mass is 289 g/mol. The van der Waals surface area contributed by atoms with Crippen LogP contribution in [0.25, 0.3) is 0 Å². The molecule has 21 heavy (non-hydrogen) atoms. The number of nitrogens with one attached hydrogen (secondary N) is 1. The van der Waals surface area contributed by atoms with Gasteiger partial charge < -0.3 is 20.7 Å². The Labute approximate surface area is 125 Å². The second-order valence-corrected chi connectivity index (χ2v) is 5.94. The number of ether oxygens (including phenoxy) is 1. The number of nitrogens with zero attached hydrogens (tertiary/aromatic N) is 1. The van der Waals surface area contributed by atoms with Gasteiger partial charge in [0.1, 0.15) is 5.75 Å². The quantitative estimate of drug-likeness (QED) is 0.883. The van der Waals surface area contributed by atoms with Gasteiger partial charge in [-0.3, -0.25) is 4.79 Å². The Morgan fingerprint density at radius 3 is 3.00 bits per heavy atom. The molecule has 2 unspecified atom stereocenters. The van der Waals surface area contributed by atoms with Gasteiger partial charge >= 0.3 is 0 Å².